The molecule has 0 unspecified atom stereocenters. The highest BCUT2D eigenvalue weighted by Crippen LogP contribution is 2.38. The summed E-state index contributed by atoms with van der Waals surface area (Å²) in [7, 11) is 0. The number of fused-ring (bicyclic) bond motifs is 1. The van der Waals surface area contributed by atoms with Gasteiger partial charge in [-0.3, -0.25) is 0 Å². The summed E-state index contributed by atoms with van der Waals surface area (Å²) in [5.41, 5.74) is 11.6. The van der Waals surface area contributed by atoms with E-state index in [4.69, 9.17) is 0 Å². The van der Waals surface area contributed by atoms with Crippen molar-refractivity contribution in [2.45, 2.75) is 53.4 Å². The molecule has 0 nitrogen and oxygen atoms in total. The van der Waals surface area contributed by atoms with Crippen molar-refractivity contribution in [3.8, 4) is 11.1 Å². The van der Waals surface area contributed by atoms with Gasteiger partial charge in [-0.05, 0) is 71.6 Å². The van der Waals surface area contributed by atoms with Crippen molar-refractivity contribution in [2.24, 2.45) is 0 Å². The van der Waals surface area contributed by atoms with Crippen molar-refractivity contribution in [3.63, 3.8) is 0 Å². The summed E-state index contributed by atoms with van der Waals surface area (Å²) in [4.78, 5) is 0. The van der Waals surface area contributed by atoms with Gasteiger partial charge in [-0.25, -0.2) is 0 Å². The summed E-state index contributed by atoms with van der Waals surface area (Å²) in [5, 5.41) is 0. The Morgan fingerprint density at radius 1 is 0.909 bits per heavy atom. The van der Waals surface area contributed by atoms with Crippen molar-refractivity contribution in [1.82, 2.24) is 0 Å². The minimum Gasteiger partial charge on any atom is -0.0683 e. The van der Waals surface area contributed by atoms with Gasteiger partial charge in [0.25, 0.3) is 0 Å². The number of rotatable bonds is 1. The average Bonchev–Trinajstić information content (AvgIpc) is 2.79. The van der Waals surface area contributed by atoms with Crippen LogP contribution in [0.25, 0.3) is 17.2 Å². The Kier molecular flexibility index (Phi) is 3.51. The summed E-state index contributed by atoms with van der Waals surface area (Å²) in [6, 6.07) is 11.5. The van der Waals surface area contributed by atoms with Gasteiger partial charge in [0, 0.05) is 0 Å². The Morgan fingerprint density at radius 3 is 2.14 bits per heavy atom. The van der Waals surface area contributed by atoms with Gasteiger partial charge in [0.1, 0.15) is 0 Å². The molecule has 1 aliphatic rings. The SMILES string of the molecule is CC1=Cc2c(cc(C)c(C)c2-c2ccc(C(C)(C)C)cc2)C1. The smallest absolute Gasteiger partial charge is 0.00603 e. The zero-order valence-corrected chi connectivity index (χ0v) is 14.7. The Hall–Kier alpha value is -1.82. The van der Waals surface area contributed by atoms with Crippen LogP contribution in [-0.2, 0) is 11.8 Å². The van der Waals surface area contributed by atoms with Gasteiger partial charge in [0.2, 0.25) is 0 Å². The van der Waals surface area contributed by atoms with Crippen LogP contribution in [0, 0.1) is 13.8 Å². The fraction of sp³-hybridized carbons (Fsp3) is 0.364. The molecule has 2 aromatic carbocycles. The van der Waals surface area contributed by atoms with Gasteiger partial charge >= 0.3 is 0 Å². The summed E-state index contributed by atoms with van der Waals surface area (Å²) >= 11 is 0. The molecule has 0 atom stereocenters. The molecular weight excluding hydrogens is 264 g/mol. The molecule has 0 N–H and O–H groups in total. The predicted octanol–water partition coefficient (Wildman–Crippen LogP) is 6.23. The average molecular weight is 290 g/mol. The highest BCUT2D eigenvalue weighted by Gasteiger charge is 2.19. The molecule has 1 aliphatic carbocycles. The van der Waals surface area contributed by atoms with Gasteiger partial charge in [-0.1, -0.05) is 62.8 Å². The second-order valence-corrected chi connectivity index (χ2v) is 7.76. The van der Waals surface area contributed by atoms with Crippen molar-refractivity contribution in [1.29, 1.82) is 0 Å². The molecule has 0 heteroatoms. The van der Waals surface area contributed by atoms with E-state index in [1.165, 1.54) is 44.5 Å². The molecule has 0 aliphatic heterocycles. The minimum absolute atomic E-state index is 0.207. The Morgan fingerprint density at radius 2 is 1.55 bits per heavy atom. The van der Waals surface area contributed by atoms with E-state index < -0.39 is 0 Å². The lowest BCUT2D eigenvalue weighted by atomic mass is 9.84. The molecule has 3 rings (SSSR count). The molecule has 0 heterocycles. The first-order valence-corrected chi connectivity index (χ1v) is 8.18. The Bertz CT molecular complexity index is 750. The van der Waals surface area contributed by atoms with Crippen LogP contribution < -0.4 is 0 Å². The van der Waals surface area contributed by atoms with E-state index in [9.17, 15) is 0 Å². The lowest BCUT2D eigenvalue weighted by Crippen LogP contribution is -2.10. The molecule has 114 valence electrons. The number of benzene rings is 2. The summed E-state index contributed by atoms with van der Waals surface area (Å²) in [5.74, 6) is 0. The number of hydrogen-bond acceptors (Lipinski definition) is 0. The van der Waals surface area contributed by atoms with Crippen LogP contribution in [0.4, 0.5) is 0 Å². The number of allylic oxidation sites excluding steroid dienone is 1. The van der Waals surface area contributed by atoms with E-state index in [-0.39, 0.29) is 5.41 Å². The Balaban J connectivity index is 2.17. The minimum atomic E-state index is 0.207. The zero-order chi connectivity index (χ0) is 16.1. The fourth-order valence-electron chi connectivity index (χ4n) is 3.42. The largest absolute Gasteiger partial charge is 0.0683 e. The third-order valence-electron chi connectivity index (χ3n) is 4.87. The van der Waals surface area contributed by atoms with E-state index in [1.807, 2.05) is 0 Å². The van der Waals surface area contributed by atoms with Gasteiger partial charge in [-0.2, -0.15) is 0 Å². The Labute approximate surface area is 134 Å². The van der Waals surface area contributed by atoms with E-state index in [2.05, 4.69) is 78.0 Å². The van der Waals surface area contributed by atoms with Crippen LogP contribution in [0.2, 0.25) is 0 Å². The van der Waals surface area contributed by atoms with Gasteiger partial charge in [-0.15, -0.1) is 0 Å². The molecule has 0 saturated carbocycles. The molecular formula is C22H26. The maximum atomic E-state index is 2.37. The van der Waals surface area contributed by atoms with Gasteiger partial charge < -0.3 is 0 Å². The highest BCUT2D eigenvalue weighted by atomic mass is 14.2. The molecule has 2 aromatic rings. The van der Waals surface area contributed by atoms with E-state index in [0.29, 0.717) is 0 Å². The molecule has 0 spiro atoms. The lowest BCUT2D eigenvalue weighted by Gasteiger charge is -2.20. The first kappa shape index (κ1) is 15.1. The standard InChI is InChI=1S/C22H26/c1-14-11-18-13-15(2)16(3)21(20(18)12-14)17-7-9-19(10-8-17)22(4,5)6/h7-10,12-13H,11H2,1-6H3. The first-order chi connectivity index (χ1) is 10.3. The lowest BCUT2D eigenvalue weighted by molar-refractivity contribution is 0.590. The van der Waals surface area contributed by atoms with Crippen LogP contribution in [0.1, 0.15) is 55.5 Å². The van der Waals surface area contributed by atoms with E-state index in [0.717, 1.165) is 6.42 Å². The van der Waals surface area contributed by atoms with Crippen LogP contribution in [0.5, 0.6) is 0 Å². The molecule has 0 fully saturated rings. The quantitative estimate of drug-likeness (QED) is 0.584. The number of aryl methyl sites for hydroxylation is 1. The first-order valence-electron chi connectivity index (χ1n) is 8.18. The fourth-order valence-corrected chi connectivity index (χ4v) is 3.42. The summed E-state index contributed by atoms with van der Waals surface area (Å²) in [6.07, 6.45) is 3.47. The molecule has 0 amide bonds. The highest BCUT2D eigenvalue weighted by molar-refractivity contribution is 5.83. The van der Waals surface area contributed by atoms with Crippen LogP contribution in [0.15, 0.2) is 35.9 Å². The summed E-state index contributed by atoms with van der Waals surface area (Å²) < 4.78 is 0. The molecule has 0 radical (unpaired) electrons. The van der Waals surface area contributed by atoms with Crippen molar-refractivity contribution >= 4 is 6.08 Å². The topological polar surface area (TPSA) is 0 Å². The number of hydrogen-bond donors (Lipinski definition) is 0. The van der Waals surface area contributed by atoms with Crippen LogP contribution >= 0.6 is 0 Å². The van der Waals surface area contributed by atoms with Crippen LogP contribution in [0.3, 0.4) is 0 Å². The van der Waals surface area contributed by atoms with Crippen molar-refractivity contribution in [3.05, 3.63) is 63.7 Å². The zero-order valence-electron chi connectivity index (χ0n) is 14.7. The van der Waals surface area contributed by atoms with Gasteiger partial charge in [0.15, 0.2) is 0 Å². The second-order valence-electron chi connectivity index (χ2n) is 7.76. The van der Waals surface area contributed by atoms with Gasteiger partial charge in [0.05, 0.1) is 0 Å². The maximum absolute atomic E-state index is 2.37. The molecule has 22 heavy (non-hydrogen) atoms. The van der Waals surface area contributed by atoms with Crippen molar-refractivity contribution in [2.75, 3.05) is 0 Å². The molecule has 0 saturated heterocycles. The van der Waals surface area contributed by atoms with Crippen molar-refractivity contribution < 1.29 is 0 Å². The van der Waals surface area contributed by atoms with E-state index in [1.54, 1.807) is 0 Å². The molecule has 0 bridgehead atoms. The third kappa shape index (κ3) is 2.52. The summed E-state index contributed by atoms with van der Waals surface area (Å²) in [6.45, 7) is 13.5. The second kappa shape index (κ2) is 5.12. The predicted molar refractivity (Wildman–Crippen MR) is 97.4 cm³/mol. The van der Waals surface area contributed by atoms with E-state index >= 15 is 0 Å². The normalized spacial score (nSPS) is 14.0. The van der Waals surface area contributed by atoms with Crippen LogP contribution in [-0.4, -0.2) is 0 Å². The third-order valence-corrected chi connectivity index (χ3v) is 4.87. The molecule has 0 aromatic heterocycles. The maximum Gasteiger partial charge on any atom is -0.00603 e. The monoisotopic (exact) mass is 290 g/mol.